The molecule has 2 fully saturated rings. The van der Waals surface area contributed by atoms with Crippen molar-refractivity contribution in [2.75, 3.05) is 20.4 Å². The van der Waals surface area contributed by atoms with Gasteiger partial charge < -0.3 is 14.4 Å². The number of benzene rings is 1. The van der Waals surface area contributed by atoms with E-state index in [4.69, 9.17) is 9.47 Å². The molecule has 31 heavy (non-hydrogen) atoms. The Hall–Kier alpha value is -2.55. The quantitative estimate of drug-likeness (QED) is 0.698. The lowest BCUT2D eigenvalue weighted by molar-refractivity contribution is -0.129. The molecular formula is C22H27N3O5S. The summed E-state index contributed by atoms with van der Waals surface area (Å²) in [5, 5.41) is 0. The van der Waals surface area contributed by atoms with Crippen LogP contribution in [0.1, 0.15) is 45.6 Å². The van der Waals surface area contributed by atoms with Gasteiger partial charge >= 0.3 is 10.2 Å². The second-order valence-corrected chi connectivity index (χ2v) is 11.8. The van der Waals surface area contributed by atoms with E-state index in [1.807, 2.05) is 4.90 Å². The van der Waals surface area contributed by atoms with E-state index in [9.17, 15) is 13.2 Å². The summed E-state index contributed by atoms with van der Waals surface area (Å²) in [6, 6.07) is 5.24. The van der Waals surface area contributed by atoms with Crippen molar-refractivity contribution in [2.45, 2.75) is 46.1 Å². The van der Waals surface area contributed by atoms with Crippen molar-refractivity contribution in [3.8, 4) is 11.5 Å². The molecule has 8 nitrogen and oxygen atoms in total. The minimum Gasteiger partial charge on any atom is -0.454 e. The minimum atomic E-state index is -4.02. The van der Waals surface area contributed by atoms with Crippen molar-refractivity contribution in [3.05, 3.63) is 35.5 Å². The summed E-state index contributed by atoms with van der Waals surface area (Å²) in [7, 11) is -2.64. The molecule has 3 heterocycles. The van der Waals surface area contributed by atoms with Crippen LogP contribution in [-0.4, -0.2) is 55.7 Å². The van der Waals surface area contributed by atoms with Crippen LogP contribution in [0.3, 0.4) is 0 Å². The molecule has 1 aliphatic carbocycles. The van der Waals surface area contributed by atoms with Crippen LogP contribution in [-0.2, 0) is 15.0 Å². The summed E-state index contributed by atoms with van der Waals surface area (Å²) < 4.78 is 41.2. The summed E-state index contributed by atoms with van der Waals surface area (Å²) in [4.78, 5) is 15.5. The molecule has 0 N–H and O–H groups in total. The number of rotatable bonds is 2. The van der Waals surface area contributed by atoms with Gasteiger partial charge in [-0.25, -0.2) is 4.31 Å². The highest BCUT2D eigenvalue weighted by Gasteiger charge is 2.52. The normalized spacial score (nSPS) is 30.1. The van der Waals surface area contributed by atoms with E-state index in [0.29, 0.717) is 23.6 Å². The van der Waals surface area contributed by atoms with Crippen LogP contribution in [0, 0.1) is 10.8 Å². The molecule has 166 valence electrons. The molecule has 1 aromatic carbocycles. The van der Waals surface area contributed by atoms with Gasteiger partial charge in [-0.3, -0.25) is 4.79 Å². The minimum absolute atomic E-state index is 0.0585. The first-order valence-electron chi connectivity index (χ1n) is 10.5. The van der Waals surface area contributed by atoms with Gasteiger partial charge in [-0.2, -0.15) is 8.42 Å². The number of allylic oxidation sites excluding steroid dienone is 1. The van der Waals surface area contributed by atoms with E-state index in [2.05, 4.69) is 25.2 Å². The van der Waals surface area contributed by atoms with Crippen LogP contribution < -0.4 is 9.47 Å². The SMILES string of the molecule is CN1C(C(=O)N2CC3(C)CC2CC(C)(C)C3)=CC(c2ccc3c(c2)OCO3)=NS1(=O)=O. The molecule has 2 atom stereocenters. The van der Waals surface area contributed by atoms with Crippen LogP contribution >= 0.6 is 0 Å². The number of nitrogens with zero attached hydrogens (tertiary/aromatic N) is 3. The number of carbonyl (C=O) groups excluding carboxylic acids is 1. The monoisotopic (exact) mass is 445 g/mol. The third-order valence-electron chi connectivity index (χ3n) is 6.74. The summed E-state index contributed by atoms with van der Waals surface area (Å²) in [5.74, 6) is 0.868. The van der Waals surface area contributed by atoms with Gasteiger partial charge in [0.05, 0.1) is 5.71 Å². The molecule has 0 spiro atoms. The number of carbonyl (C=O) groups is 1. The highest BCUT2D eigenvalue weighted by molar-refractivity contribution is 7.88. The molecule has 9 heteroatoms. The van der Waals surface area contributed by atoms with Gasteiger partial charge in [-0.1, -0.05) is 20.8 Å². The van der Waals surface area contributed by atoms with Crippen LogP contribution in [0.25, 0.3) is 0 Å². The predicted octanol–water partition coefficient (Wildman–Crippen LogP) is 2.71. The third-order valence-corrected chi connectivity index (χ3v) is 8.05. The molecule has 4 aliphatic rings. The van der Waals surface area contributed by atoms with Gasteiger partial charge in [0.2, 0.25) is 6.79 Å². The second kappa shape index (κ2) is 6.48. The summed E-state index contributed by atoms with van der Waals surface area (Å²) in [6.07, 6.45) is 4.49. The highest BCUT2D eigenvalue weighted by atomic mass is 32.2. The van der Waals surface area contributed by atoms with E-state index in [-0.39, 0.29) is 41.0 Å². The first-order valence-corrected chi connectivity index (χ1v) is 11.9. The molecule has 1 amide bonds. The van der Waals surface area contributed by atoms with Crippen molar-refractivity contribution in [1.82, 2.24) is 9.21 Å². The first kappa shape index (κ1) is 20.4. The average Bonchev–Trinajstić information content (AvgIpc) is 3.23. The Bertz CT molecular complexity index is 1140. The zero-order valence-electron chi connectivity index (χ0n) is 18.2. The van der Waals surface area contributed by atoms with Crippen molar-refractivity contribution in [3.63, 3.8) is 0 Å². The number of ether oxygens (including phenoxy) is 2. The molecule has 1 saturated heterocycles. The maximum absolute atomic E-state index is 13.6. The number of likely N-dealkylation sites (N-methyl/N-ethyl adjacent to an activating group) is 1. The van der Waals surface area contributed by atoms with E-state index < -0.39 is 10.2 Å². The maximum Gasteiger partial charge on any atom is 0.345 e. The zero-order valence-corrected chi connectivity index (χ0v) is 19.0. The van der Waals surface area contributed by atoms with Gasteiger partial charge in [-0.05, 0) is 54.4 Å². The largest absolute Gasteiger partial charge is 0.454 e. The number of hydrogen-bond acceptors (Lipinski definition) is 5. The maximum atomic E-state index is 13.6. The van der Waals surface area contributed by atoms with Crippen LogP contribution in [0.15, 0.2) is 34.4 Å². The van der Waals surface area contributed by atoms with Crippen LogP contribution in [0.4, 0.5) is 0 Å². The number of amides is 1. The zero-order chi connectivity index (χ0) is 22.2. The van der Waals surface area contributed by atoms with Gasteiger partial charge in [0, 0.05) is 25.2 Å². The smallest absolute Gasteiger partial charge is 0.345 e. The number of hydrogen-bond donors (Lipinski definition) is 0. The summed E-state index contributed by atoms with van der Waals surface area (Å²) in [5.41, 5.74) is 1.11. The van der Waals surface area contributed by atoms with Crippen LogP contribution in [0.5, 0.6) is 11.5 Å². The third kappa shape index (κ3) is 3.39. The molecule has 1 aromatic rings. The van der Waals surface area contributed by atoms with E-state index in [1.165, 1.54) is 7.05 Å². The van der Waals surface area contributed by atoms with E-state index in [0.717, 1.165) is 23.6 Å². The Morgan fingerprint density at radius 1 is 1.16 bits per heavy atom. The molecule has 5 rings (SSSR count). The van der Waals surface area contributed by atoms with Gasteiger partial charge in [-0.15, -0.1) is 4.40 Å². The van der Waals surface area contributed by atoms with Crippen molar-refractivity contribution in [2.24, 2.45) is 15.2 Å². The number of fused-ring (bicyclic) bond motifs is 3. The van der Waals surface area contributed by atoms with Crippen molar-refractivity contribution >= 4 is 21.8 Å². The molecule has 1 saturated carbocycles. The number of likely N-dealkylation sites (tertiary alicyclic amines) is 1. The molecule has 0 radical (unpaired) electrons. The van der Waals surface area contributed by atoms with Crippen molar-refractivity contribution in [1.29, 1.82) is 0 Å². The molecule has 3 aliphatic heterocycles. The average molecular weight is 446 g/mol. The lowest BCUT2D eigenvalue weighted by Crippen LogP contribution is -2.43. The molecule has 0 aromatic heterocycles. The first-order chi connectivity index (χ1) is 14.5. The van der Waals surface area contributed by atoms with E-state index >= 15 is 0 Å². The highest BCUT2D eigenvalue weighted by Crippen LogP contribution is 2.52. The predicted molar refractivity (Wildman–Crippen MR) is 115 cm³/mol. The van der Waals surface area contributed by atoms with Gasteiger partial charge in [0.1, 0.15) is 5.70 Å². The fourth-order valence-electron chi connectivity index (χ4n) is 5.79. The topological polar surface area (TPSA) is 88.5 Å². The Morgan fingerprint density at radius 3 is 2.68 bits per heavy atom. The Morgan fingerprint density at radius 2 is 1.90 bits per heavy atom. The Kier molecular flexibility index (Phi) is 4.25. The van der Waals surface area contributed by atoms with Crippen molar-refractivity contribution < 1.29 is 22.7 Å². The second-order valence-electron chi connectivity index (χ2n) is 10.2. The summed E-state index contributed by atoms with van der Waals surface area (Å²) in [6.45, 7) is 7.47. The van der Waals surface area contributed by atoms with E-state index in [1.54, 1.807) is 24.3 Å². The standard InChI is InChI=1S/C22H27N3O5S/c1-21(2)9-15-10-22(3,11-21)12-25(15)20(26)17-8-16(23-31(27,28)24(17)4)14-5-6-18-19(7-14)30-13-29-18/h5-8,15H,9-13H2,1-4H3. The molecule has 2 bridgehead atoms. The molecular weight excluding hydrogens is 418 g/mol. The Balaban J connectivity index is 1.51. The fraction of sp³-hybridized carbons (Fsp3) is 0.545. The lowest BCUT2D eigenvalue weighted by atomic mass is 9.65. The fourth-order valence-corrected chi connectivity index (χ4v) is 6.70. The van der Waals surface area contributed by atoms with Gasteiger partial charge in [0.25, 0.3) is 5.91 Å². The lowest BCUT2D eigenvalue weighted by Gasteiger charge is -2.39. The van der Waals surface area contributed by atoms with Crippen LogP contribution in [0.2, 0.25) is 0 Å². The Labute approximate surface area is 182 Å². The van der Waals surface area contributed by atoms with Gasteiger partial charge in [0.15, 0.2) is 11.5 Å². The molecule has 2 unspecified atom stereocenters. The summed E-state index contributed by atoms with van der Waals surface area (Å²) >= 11 is 0.